The average molecular weight is 563 g/mol. The minimum Gasteiger partial charge on any atom is -0.357 e. The second-order valence-electron chi connectivity index (χ2n) is 10.8. The molecule has 1 N–H and O–H groups in total. The Morgan fingerprint density at radius 1 is 1.05 bits per heavy atom. The summed E-state index contributed by atoms with van der Waals surface area (Å²) in [5.74, 6) is 4.04. The van der Waals surface area contributed by atoms with Crippen LogP contribution in [0, 0.1) is 11.8 Å². The third kappa shape index (κ3) is 7.21. The van der Waals surface area contributed by atoms with Crippen LogP contribution in [-0.2, 0) is 28.5 Å². The number of hydrogen-bond donors (Lipinski definition) is 1. The third-order valence-electron chi connectivity index (χ3n) is 7.50. The van der Waals surface area contributed by atoms with Crippen molar-refractivity contribution in [1.82, 2.24) is 10.2 Å². The number of benzene rings is 2. The molecule has 41 heavy (non-hydrogen) atoms. The Labute approximate surface area is 241 Å². The molecule has 2 fully saturated rings. The summed E-state index contributed by atoms with van der Waals surface area (Å²) in [6, 6.07) is 14.6. The second-order valence-corrected chi connectivity index (χ2v) is 10.8. The van der Waals surface area contributed by atoms with Gasteiger partial charge in [-0.05, 0) is 82.0 Å². The molecular weight excluding hydrogens is 524 g/mol. The summed E-state index contributed by atoms with van der Waals surface area (Å²) in [7, 11) is 2.86. The fourth-order valence-corrected chi connectivity index (χ4v) is 4.73. The van der Waals surface area contributed by atoms with Crippen LogP contribution >= 0.6 is 0 Å². The molecule has 2 aliphatic heterocycles. The number of carbonyl (C=O) groups is 3. The summed E-state index contributed by atoms with van der Waals surface area (Å²) in [5, 5.41) is 2.50. The number of nitrogens with one attached hydrogen (secondary N) is 1. The molecule has 0 bridgehead atoms. The highest BCUT2D eigenvalue weighted by Gasteiger charge is 2.46. The topological polar surface area (TPSA) is 103 Å². The highest BCUT2D eigenvalue weighted by Crippen LogP contribution is 2.32. The molecule has 2 aliphatic rings. The van der Waals surface area contributed by atoms with Crippen LogP contribution in [0.2, 0.25) is 0 Å². The van der Waals surface area contributed by atoms with Crippen molar-refractivity contribution in [3.05, 3.63) is 70.8 Å². The number of Topliss-reactive ketones (excluding diaryl/α,β-unsaturated/α-hetero) is 1. The smallest absolute Gasteiger partial charge is 0.254 e. The van der Waals surface area contributed by atoms with E-state index in [1.54, 1.807) is 24.3 Å². The average Bonchev–Trinajstić information content (AvgIpc) is 3.37. The van der Waals surface area contributed by atoms with Crippen molar-refractivity contribution in [3.63, 3.8) is 0 Å². The van der Waals surface area contributed by atoms with Crippen LogP contribution in [0.25, 0.3) is 0 Å². The Balaban J connectivity index is 1.41. The molecule has 0 saturated carbocycles. The van der Waals surface area contributed by atoms with E-state index < -0.39 is 35.2 Å². The summed E-state index contributed by atoms with van der Waals surface area (Å²) in [6.07, 6.45) is 1.99. The zero-order valence-electron chi connectivity index (χ0n) is 24.3. The van der Waals surface area contributed by atoms with E-state index in [-0.39, 0.29) is 12.7 Å². The summed E-state index contributed by atoms with van der Waals surface area (Å²) in [6.45, 7) is 5.95. The van der Waals surface area contributed by atoms with Gasteiger partial charge in [0.1, 0.15) is 12.7 Å². The molecule has 0 aliphatic carbocycles. The minimum atomic E-state index is -1.77. The first-order valence-electron chi connectivity index (χ1n) is 13.8. The van der Waals surface area contributed by atoms with E-state index in [4.69, 9.17) is 18.9 Å². The van der Waals surface area contributed by atoms with Gasteiger partial charge >= 0.3 is 0 Å². The lowest BCUT2D eigenvalue weighted by Gasteiger charge is -2.36. The van der Waals surface area contributed by atoms with Gasteiger partial charge in [-0.3, -0.25) is 14.4 Å². The molecule has 4 rings (SSSR count). The molecule has 2 aromatic rings. The van der Waals surface area contributed by atoms with Gasteiger partial charge in [0.25, 0.3) is 11.8 Å². The standard InChI is InChI=1S/C32H38N2O7/c1-31(2)40-20-26(41-31)24-15-11-22(12-16-24)9-10-23-13-17-25(18-14-23)29(36)34(5)32(3,30(37)33-4)27(35)21-39-28-8-6-7-19-38-28/h11-18,26,28H,6-8,19-21H2,1-5H3,(H,33,37)/t26-,28?,32-/m1/s1. The van der Waals surface area contributed by atoms with Crippen molar-refractivity contribution in [2.24, 2.45) is 0 Å². The molecule has 2 aromatic carbocycles. The fraction of sp³-hybridized carbons (Fsp3) is 0.469. The van der Waals surface area contributed by atoms with E-state index in [1.165, 1.54) is 21.0 Å². The van der Waals surface area contributed by atoms with Gasteiger partial charge in [-0.1, -0.05) is 24.0 Å². The molecule has 0 spiro atoms. The molecule has 3 atom stereocenters. The summed E-state index contributed by atoms with van der Waals surface area (Å²) >= 11 is 0. The van der Waals surface area contributed by atoms with Crippen LogP contribution < -0.4 is 5.32 Å². The van der Waals surface area contributed by atoms with Crippen LogP contribution in [0.15, 0.2) is 48.5 Å². The van der Waals surface area contributed by atoms with Gasteiger partial charge in [0.05, 0.1) is 6.61 Å². The molecule has 2 heterocycles. The zero-order chi connectivity index (χ0) is 29.6. The van der Waals surface area contributed by atoms with Crippen LogP contribution in [0.5, 0.6) is 0 Å². The Hall–Kier alpha value is -3.55. The van der Waals surface area contributed by atoms with E-state index in [9.17, 15) is 14.4 Å². The fourth-order valence-electron chi connectivity index (χ4n) is 4.73. The number of nitrogens with zero attached hydrogens (tertiary/aromatic N) is 1. The van der Waals surface area contributed by atoms with E-state index in [1.807, 2.05) is 38.1 Å². The van der Waals surface area contributed by atoms with Crippen molar-refractivity contribution in [2.75, 3.05) is 33.9 Å². The normalized spacial score (nSPS) is 21.2. The molecule has 218 valence electrons. The van der Waals surface area contributed by atoms with Gasteiger partial charge in [-0.25, -0.2) is 0 Å². The molecule has 0 radical (unpaired) electrons. The van der Waals surface area contributed by atoms with Gasteiger partial charge in [0.15, 0.2) is 23.4 Å². The Kier molecular flexibility index (Phi) is 9.61. The molecule has 9 nitrogen and oxygen atoms in total. The Morgan fingerprint density at radius 2 is 1.68 bits per heavy atom. The highest BCUT2D eigenvalue weighted by atomic mass is 16.7. The number of likely N-dealkylation sites (N-methyl/N-ethyl adjacent to an activating group) is 2. The molecular formula is C32H38N2O7. The van der Waals surface area contributed by atoms with Gasteiger partial charge < -0.3 is 29.2 Å². The number of ether oxygens (including phenoxy) is 4. The monoisotopic (exact) mass is 562 g/mol. The maximum absolute atomic E-state index is 13.4. The first kappa shape index (κ1) is 30.4. The largest absolute Gasteiger partial charge is 0.357 e. The first-order valence-corrected chi connectivity index (χ1v) is 13.8. The van der Waals surface area contributed by atoms with Gasteiger partial charge in [0.2, 0.25) is 0 Å². The summed E-state index contributed by atoms with van der Waals surface area (Å²) < 4.78 is 22.7. The lowest BCUT2D eigenvalue weighted by atomic mass is 9.92. The second kappa shape index (κ2) is 13.0. The summed E-state index contributed by atoms with van der Waals surface area (Å²) in [4.78, 5) is 40.6. The number of hydrogen-bond acceptors (Lipinski definition) is 7. The predicted molar refractivity (Wildman–Crippen MR) is 152 cm³/mol. The third-order valence-corrected chi connectivity index (χ3v) is 7.50. The minimum absolute atomic E-state index is 0.103. The molecule has 0 aromatic heterocycles. The maximum Gasteiger partial charge on any atom is 0.254 e. The lowest BCUT2D eigenvalue weighted by Crippen LogP contribution is -2.62. The molecule has 9 heteroatoms. The number of rotatable bonds is 8. The highest BCUT2D eigenvalue weighted by molar-refractivity contribution is 6.14. The lowest BCUT2D eigenvalue weighted by molar-refractivity contribution is -0.174. The van der Waals surface area contributed by atoms with Crippen molar-refractivity contribution >= 4 is 17.6 Å². The summed E-state index contributed by atoms with van der Waals surface area (Å²) in [5.41, 5.74) is 1.14. The van der Waals surface area contributed by atoms with Crippen molar-refractivity contribution in [1.29, 1.82) is 0 Å². The maximum atomic E-state index is 13.4. The predicted octanol–water partition coefficient (Wildman–Crippen LogP) is 3.60. The van der Waals surface area contributed by atoms with Crippen LogP contribution in [-0.4, -0.2) is 74.0 Å². The van der Waals surface area contributed by atoms with Crippen LogP contribution in [0.1, 0.15) is 73.2 Å². The number of amides is 2. The van der Waals surface area contributed by atoms with Crippen molar-refractivity contribution in [3.8, 4) is 11.8 Å². The van der Waals surface area contributed by atoms with Gasteiger partial charge in [0, 0.05) is 37.4 Å². The van der Waals surface area contributed by atoms with E-state index >= 15 is 0 Å². The zero-order valence-corrected chi connectivity index (χ0v) is 24.3. The Bertz CT molecular complexity index is 1300. The van der Waals surface area contributed by atoms with Gasteiger partial charge in [-0.2, -0.15) is 0 Å². The number of carbonyl (C=O) groups excluding carboxylic acids is 3. The first-order chi connectivity index (χ1) is 19.5. The number of ketones is 1. The van der Waals surface area contributed by atoms with E-state index in [0.717, 1.165) is 28.9 Å². The van der Waals surface area contributed by atoms with Gasteiger partial charge in [-0.15, -0.1) is 0 Å². The van der Waals surface area contributed by atoms with Crippen LogP contribution in [0.4, 0.5) is 0 Å². The Morgan fingerprint density at radius 3 is 2.22 bits per heavy atom. The van der Waals surface area contributed by atoms with E-state index in [0.29, 0.717) is 30.8 Å². The van der Waals surface area contributed by atoms with Crippen molar-refractivity contribution < 1.29 is 33.3 Å². The quantitative estimate of drug-likeness (QED) is 0.387. The molecule has 2 amide bonds. The van der Waals surface area contributed by atoms with Crippen LogP contribution in [0.3, 0.4) is 0 Å². The SMILES string of the molecule is CNC(=O)[C@@](C)(C(=O)COC1CCCCO1)N(C)C(=O)c1ccc(C#Cc2ccc([C@H]3COC(C)(C)O3)cc2)cc1. The molecule has 2 saturated heterocycles. The van der Waals surface area contributed by atoms with Crippen molar-refractivity contribution in [2.45, 2.75) is 63.8 Å². The van der Waals surface area contributed by atoms with E-state index in [2.05, 4.69) is 17.2 Å². The molecule has 1 unspecified atom stereocenters.